The summed E-state index contributed by atoms with van der Waals surface area (Å²) in [6.45, 7) is 6.72. The van der Waals surface area contributed by atoms with Gasteiger partial charge in [-0.2, -0.15) is 13.2 Å². The lowest BCUT2D eigenvalue weighted by atomic mass is 10.1. The van der Waals surface area contributed by atoms with E-state index in [9.17, 15) is 34.8 Å². The number of hydrogen-bond acceptors (Lipinski definition) is 5. The predicted octanol–water partition coefficient (Wildman–Crippen LogP) is 7.47. The van der Waals surface area contributed by atoms with E-state index in [0.717, 1.165) is 40.7 Å². The van der Waals surface area contributed by atoms with Gasteiger partial charge < -0.3 is 14.5 Å². The van der Waals surface area contributed by atoms with E-state index in [0.29, 0.717) is 5.56 Å². The van der Waals surface area contributed by atoms with E-state index < -0.39 is 45.4 Å². The van der Waals surface area contributed by atoms with Crippen LogP contribution in [0.4, 0.5) is 43.5 Å². The van der Waals surface area contributed by atoms with E-state index in [1.807, 2.05) is 0 Å². The quantitative estimate of drug-likeness (QED) is 0.166. The summed E-state index contributed by atoms with van der Waals surface area (Å²) < 4.78 is 112. The highest BCUT2D eigenvalue weighted by molar-refractivity contribution is 7.92. The number of rotatable bonds is 6. The lowest BCUT2D eigenvalue weighted by Gasteiger charge is -2.29. The van der Waals surface area contributed by atoms with E-state index in [2.05, 4.69) is 14.6 Å². The van der Waals surface area contributed by atoms with Gasteiger partial charge in [0.25, 0.3) is 10.0 Å². The van der Waals surface area contributed by atoms with Gasteiger partial charge in [-0.05, 0) is 48.0 Å². The maximum absolute atomic E-state index is 14.1. The molecule has 43 heavy (non-hydrogen) atoms. The summed E-state index contributed by atoms with van der Waals surface area (Å²) in [5.41, 5.74) is 0.128. The molecule has 1 aliphatic rings. The number of nitrogens with zero attached hydrogens (tertiary/aromatic N) is 4. The van der Waals surface area contributed by atoms with E-state index in [4.69, 9.17) is 6.57 Å². The number of hydrogen-bond donors (Lipinski definition) is 0. The fraction of sp³-hybridized carbons (Fsp3) is 0.172. The fourth-order valence-corrected chi connectivity index (χ4v) is 6.20. The standard InChI is InChI=1S/C29H20F6N4O3S/c1-36-16-20-8-5-9-24-26(20)39(43(40,41)23-13-11-22(12-14-23)42-29(33,34)35)18-21-10-15-25(28(30,31)32)37-27(21)38(24)17-19-6-3-2-4-7-19/h2-15H,16-18H2. The van der Waals surface area contributed by atoms with Gasteiger partial charge in [0.05, 0.1) is 28.4 Å². The molecule has 1 aliphatic heterocycles. The molecule has 4 aromatic rings. The van der Waals surface area contributed by atoms with Crippen LogP contribution in [0.2, 0.25) is 0 Å². The Balaban J connectivity index is 1.73. The van der Waals surface area contributed by atoms with E-state index in [1.54, 1.807) is 36.4 Å². The van der Waals surface area contributed by atoms with E-state index >= 15 is 0 Å². The molecule has 0 saturated heterocycles. The second-order valence-electron chi connectivity index (χ2n) is 9.38. The van der Waals surface area contributed by atoms with Crippen molar-refractivity contribution in [3.05, 3.63) is 119 Å². The number of para-hydroxylation sites is 1. The predicted molar refractivity (Wildman–Crippen MR) is 145 cm³/mol. The van der Waals surface area contributed by atoms with Crippen LogP contribution in [-0.4, -0.2) is 19.8 Å². The Morgan fingerprint density at radius 3 is 2.21 bits per heavy atom. The third kappa shape index (κ3) is 6.21. The number of alkyl halides is 6. The Hall–Kier alpha value is -4.77. The third-order valence-electron chi connectivity index (χ3n) is 6.53. The summed E-state index contributed by atoms with van der Waals surface area (Å²) in [6.07, 6.45) is -9.78. The van der Waals surface area contributed by atoms with Crippen molar-refractivity contribution < 1.29 is 39.5 Å². The maximum atomic E-state index is 14.1. The van der Waals surface area contributed by atoms with Crippen LogP contribution in [0, 0.1) is 6.57 Å². The first-order valence-electron chi connectivity index (χ1n) is 12.5. The lowest BCUT2D eigenvalue weighted by molar-refractivity contribution is -0.274. The Labute approximate surface area is 242 Å². The molecule has 7 nitrogen and oxygen atoms in total. The van der Waals surface area contributed by atoms with Crippen LogP contribution in [0.25, 0.3) is 4.85 Å². The molecule has 0 aliphatic carbocycles. The Morgan fingerprint density at radius 1 is 0.884 bits per heavy atom. The Morgan fingerprint density at radius 2 is 1.58 bits per heavy atom. The topological polar surface area (TPSA) is 67.1 Å². The highest BCUT2D eigenvalue weighted by Gasteiger charge is 2.39. The Kier molecular flexibility index (Phi) is 7.70. The molecule has 14 heteroatoms. The largest absolute Gasteiger partial charge is 0.573 e. The average molecular weight is 619 g/mol. The van der Waals surface area contributed by atoms with Gasteiger partial charge in [-0.25, -0.2) is 20.0 Å². The number of benzene rings is 3. The van der Waals surface area contributed by atoms with Gasteiger partial charge >= 0.3 is 12.5 Å². The summed E-state index contributed by atoms with van der Waals surface area (Å²) in [4.78, 5) is 8.41. The molecule has 0 saturated carbocycles. The van der Waals surface area contributed by atoms with Crippen molar-refractivity contribution in [2.24, 2.45) is 0 Å². The SMILES string of the molecule is [C-]#[N+]Cc1cccc2c1N(S(=O)(=O)c1ccc(OC(F)(F)F)cc1)Cc1ccc(C(F)(F)F)nc1N2Cc1ccccc1. The third-order valence-corrected chi connectivity index (χ3v) is 8.29. The van der Waals surface area contributed by atoms with Crippen LogP contribution < -0.4 is 13.9 Å². The molecule has 0 radical (unpaired) electrons. The monoisotopic (exact) mass is 618 g/mol. The van der Waals surface area contributed by atoms with Crippen molar-refractivity contribution in [1.82, 2.24) is 4.98 Å². The van der Waals surface area contributed by atoms with Crippen molar-refractivity contribution in [2.45, 2.75) is 37.1 Å². The molecule has 0 unspecified atom stereocenters. The molecule has 0 amide bonds. The van der Waals surface area contributed by atoms with E-state index in [1.165, 1.54) is 17.0 Å². The smallest absolute Gasteiger partial charge is 0.406 e. The van der Waals surface area contributed by atoms with Crippen molar-refractivity contribution in [3.63, 3.8) is 0 Å². The number of sulfonamides is 1. The number of ether oxygens (including phenoxy) is 1. The zero-order valence-corrected chi connectivity index (χ0v) is 22.7. The zero-order valence-electron chi connectivity index (χ0n) is 21.9. The molecular weight excluding hydrogens is 598 g/mol. The van der Waals surface area contributed by atoms with Gasteiger partial charge in [-0.1, -0.05) is 42.5 Å². The normalized spacial score (nSPS) is 13.5. The molecule has 5 rings (SSSR count). The van der Waals surface area contributed by atoms with Crippen molar-refractivity contribution in [2.75, 3.05) is 9.21 Å². The molecule has 2 heterocycles. The minimum absolute atomic E-state index is 0.00792. The molecule has 3 aromatic carbocycles. The number of halogens is 6. The first kappa shape index (κ1) is 29.7. The van der Waals surface area contributed by atoms with Crippen LogP contribution in [0.15, 0.2) is 89.8 Å². The molecule has 0 fully saturated rings. The average Bonchev–Trinajstić information content (AvgIpc) is 3.08. The van der Waals surface area contributed by atoms with Gasteiger partial charge in [0.2, 0.25) is 6.54 Å². The maximum Gasteiger partial charge on any atom is 0.573 e. The Bertz CT molecular complexity index is 1790. The van der Waals surface area contributed by atoms with Gasteiger partial charge in [0.1, 0.15) is 17.3 Å². The summed E-state index contributed by atoms with van der Waals surface area (Å²) in [7, 11) is -4.56. The van der Waals surface area contributed by atoms with Crippen molar-refractivity contribution in [3.8, 4) is 5.75 Å². The lowest BCUT2D eigenvalue weighted by Crippen LogP contribution is -2.31. The second-order valence-corrected chi connectivity index (χ2v) is 11.2. The van der Waals surface area contributed by atoms with Gasteiger partial charge in [-0.15, -0.1) is 13.2 Å². The minimum Gasteiger partial charge on any atom is -0.406 e. The molecule has 0 N–H and O–H groups in total. The number of anilines is 3. The van der Waals surface area contributed by atoms with Crippen LogP contribution in [-0.2, 0) is 35.8 Å². The molecular formula is C29H20F6N4O3S. The van der Waals surface area contributed by atoms with Gasteiger partial charge in [0.15, 0.2) is 0 Å². The second kappa shape index (κ2) is 11.1. The molecule has 1 aromatic heterocycles. The minimum atomic E-state index is -4.99. The van der Waals surface area contributed by atoms with Crippen LogP contribution >= 0.6 is 0 Å². The van der Waals surface area contributed by atoms with Gasteiger partial charge in [0, 0.05) is 12.1 Å². The molecule has 0 spiro atoms. The van der Waals surface area contributed by atoms with Gasteiger partial charge in [-0.3, -0.25) is 4.31 Å². The fourth-order valence-electron chi connectivity index (χ4n) is 4.71. The molecule has 222 valence electrons. The van der Waals surface area contributed by atoms with Crippen molar-refractivity contribution >= 4 is 27.2 Å². The molecule has 0 atom stereocenters. The van der Waals surface area contributed by atoms with Crippen LogP contribution in [0.3, 0.4) is 0 Å². The van der Waals surface area contributed by atoms with Crippen LogP contribution in [0.1, 0.15) is 22.4 Å². The first-order chi connectivity index (χ1) is 20.3. The first-order valence-corrected chi connectivity index (χ1v) is 13.9. The van der Waals surface area contributed by atoms with E-state index in [-0.39, 0.29) is 41.4 Å². The zero-order chi connectivity index (χ0) is 31.0. The summed E-state index contributed by atoms with van der Waals surface area (Å²) >= 11 is 0. The summed E-state index contributed by atoms with van der Waals surface area (Å²) in [6, 6.07) is 18.8. The highest BCUT2D eigenvalue weighted by Crippen LogP contribution is 2.46. The number of fused-ring (bicyclic) bond motifs is 2. The number of aromatic nitrogens is 1. The van der Waals surface area contributed by atoms with Crippen LogP contribution in [0.5, 0.6) is 5.75 Å². The summed E-state index contributed by atoms with van der Waals surface area (Å²) in [5, 5.41) is 0. The number of pyridine rings is 1. The van der Waals surface area contributed by atoms with Crippen molar-refractivity contribution in [1.29, 1.82) is 0 Å². The summed E-state index contributed by atoms with van der Waals surface area (Å²) in [5.74, 6) is -0.772. The molecule has 0 bridgehead atoms. The highest BCUT2D eigenvalue weighted by atomic mass is 32.2.